The van der Waals surface area contributed by atoms with Crippen LogP contribution in [0.5, 0.6) is 0 Å². The summed E-state index contributed by atoms with van der Waals surface area (Å²) >= 11 is 0. The Labute approximate surface area is 62.1 Å². The van der Waals surface area contributed by atoms with Crippen LogP contribution >= 0.6 is 0 Å². The van der Waals surface area contributed by atoms with Gasteiger partial charge >= 0.3 is 0 Å². The molecule has 2 unspecified atom stereocenters. The van der Waals surface area contributed by atoms with Crippen LogP contribution in [-0.2, 0) is 0 Å². The van der Waals surface area contributed by atoms with Gasteiger partial charge in [0.15, 0.2) is 0 Å². The molecule has 0 aromatic rings. The van der Waals surface area contributed by atoms with Crippen molar-refractivity contribution < 1.29 is 0 Å². The van der Waals surface area contributed by atoms with Crippen LogP contribution in [0.1, 0.15) is 20.8 Å². The summed E-state index contributed by atoms with van der Waals surface area (Å²) < 4.78 is 0. The van der Waals surface area contributed by atoms with E-state index >= 15 is 0 Å². The van der Waals surface area contributed by atoms with Gasteiger partial charge in [-0.1, -0.05) is 13.8 Å². The molecule has 0 aromatic carbocycles. The normalized spacial score (nSPS) is 31.6. The van der Waals surface area contributed by atoms with Crippen molar-refractivity contribution in [1.82, 2.24) is 0 Å². The molecule has 0 saturated carbocycles. The number of nitrogens with zero attached hydrogens (tertiary/aromatic N) is 2. The minimum atomic E-state index is 0.414. The second-order valence-electron chi connectivity index (χ2n) is 3.12. The van der Waals surface area contributed by atoms with E-state index in [2.05, 4.69) is 30.8 Å². The van der Waals surface area contributed by atoms with Gasteiger partial charge in [0.1, 0.15) is 6.34 Å². The molecule has 2 atom stereocenters. The molecule has 0 spiro atoms. The van der Waals surface area contributed by atoms with E-state index < -0.39 is 0 Å². The summed E-state index contributed by atoms with van der Waals surface area (Å²) in [5, 5.41) is 0. The first-order valence-corrected chi connectivity index (χ1v) is 3.76. The second kappa shape index (κ2) is 2.95. The van der Waals surface area contributed by atoms with Crippen LogP contribution in [0.4, 0.5) is 0 Å². The third-order valence-corrected chi connectivity index (χ3v) is 1.95. The number of hydrogen-bond acceptors (Lipinski definition) is 2. The Morgan fingerprint density at radius 2 is 2.10 bits per heavy atom. The van der Waals surface area contributed by atoms with Gasteiger partial charge in [0.05, 0.1) is 6.04 Å². The van der Waals surface area contributed by atoms with Crippen molar-refractivity contribution in [3.8, 4) is 0 Å². The lowest BCUT2D eigenvalue weighted by Gasteiger charge is -2.21. The van der Waals surface area contributed by atoms with E-state index in [1.165, 1.54) is 0 Å². The standard InChI is InChI=1S/C8H14N2/c1-6(2)8-4-9-5-10-7(8)3/h4-8H,1-3H3. The molecule has 1 rings (SSSR count). The molecule has 0 amide bonds. The fraction of sp³-hybridized carbons (Fsp3) is 0.750. The van der Waals surface area contributed by atoms with E-state index in [0.717, 1.165) is 0 Å². The second-order valence-corrected chi connectivity index (χ2v) is 3.12. The van der Waals surface area contributed by atoms with Crippen molar-refractivity contribution >= 4 is 12.6 Å². The Hall–Kier alpha value is -0.660. The van der Waals surface area contributed by atoms with Crippen molar-refractivity contribution in [2.45, 2.75) is 26.8 Å². The van der Waals surface area contributed by atoms with Crippen molar-refractivity contribution in [3.05, 3.63) is 0 Å². The lowest BCUT2D eigenvalue weighted by atomic mass is 9.90. The molecule has 0 radical (unpaired) electrons. The quantitative estimate of drug-likeness (QED) is 0.527. The molecular formula is C8H14N2. The molecule has 1 aliphatic heterocycles. The van der Waals surface area contributed by atoms with Crippen LogP contribution in [0.2, 0.25) is 0 Å². The summed E-state index contributed by atoms with van der Waals surface area (Å²) in [5.74, 6) is 1.18. The Balaban J connectivity index is 2.61. The maximum Gasteiger partial charge on any atom is 0.109 e. The Kier molecular flexibility index (Phi) is 2.20. The topological polar surface area (TPSA) is 24.7 Å². The van der Waals surface area contributed by atoms with E-state index in [0.29, 0.717) is 17.9 Å². The Morgan fingerprint density at radius 3 is 2.50 bits per heavy atom. The highest BCUT2D eigenvalue weighted by atomic mass is 14.9. The first-order valence-electron chi connectivity index (χ1n) is 3.76. The molecule has 0 bridgehead atoms. The average molecular weight is 138 g/mol. The van der Waals surface area contributed by atoms with Gasteiger partial charge in [0.2, 0.25) is 0 Å². The summed E-state index contributed by atoms with van der Waals surface area (Å²) in [6, 6.07) is 0.414. The first-order chi connectivity index (χ1) is 4.72. The molecular weight excluding hydrogens is 124 g/mol. The third-order valence-electron chi connectivity index (χ3n) is 1.95. The number of hydrogen-bond donors (Lipinski definition) is 0. The van der Waals surface area contributed by atoms with E-state index in [1.54, 1.807) is 6.34 Å². The molecule has 0 N–H and O–H groups in total. The zero-order valence-corrected chi connectivity index (χ0v) is 6.78. The molecule has 0 aliphatic carbocycles. The summed E-state index contributed by atoms with van der Waals surface area (Å²) in [6.07, 6.45) is 3.64. The van der Waals surface area contributed by atoms with E-state index in [4.69, 9.17) is 0 Å². The van der Waals surface area contributed by atoms with Crippen LogP contribution in [0.15, 0.2) is 9.98 Å². The predicted molar refractivity (Wildman–Crippen MR) is 44.8 cm³/mol. The van der Waals surface area contributed by atoms with Gasteiger partial charge in [-0.3, -0.25) is 4.99 Å². The highest BCUT2D eigenvalue weighted by molar-refractivity contribution is 5.77. The Morgan fingerprint density at radius 1 is 1.40 bits per heavy atom. The molecule has 56 valence electrons. The van der Waals surface area contributed by atoms with Crippen molar-refractivity contribution in [2.75, 3.05) is 0 Å². The molecule has 0 saturated heterocycles. The number of aliphatic imine (C=N–C) groups is 2. The Bertz CT molecular complexity index is 159. The molecule has 10 heavy (non-hydrogen) atoms. The van der Waals surface area contributed by atoms with Crippen LogP contribution in [0.25, 0.3) is 0 Å². The van der Waals surface area contributed by atoms with Gasteiger partial charge in [-0.2, -0.15) is 0 Å². The molecule has 0 fully saturated rings. The highest BCUT2D eigenvalue weighted by Crippen LogP contribution is 2.17. The molecule has 1 heterocycles. The van der Waals surface area contributed by atoms with Gasteiger partial charge < -0.3 is 0 Å². The van der Waals surface area contributed by atoms with Gasteiger partial charge in [0, 0.05) is 12.1 Å². The minimum absolute atomic E-state index is 0.414. The van der Waals surface area contributed by atoms with Gasteiger partial charge in [-0.15, -0.1) is 0 Å². The summed E-state index contributed by atoms with van der Waals surface area (Å²) in [4.78, 5) is 8.22. The zero-order valence-electron chi connectivity index (χ0n) is 6.78. The molecule has 2 heteroatoms. The van der Waals surface area contributed by atoms with Crippen molar-refractivity contribution in [2.24, 2.45) is 21.8 Å². The van der Waals surface area contributed by atoms with Gasteiger partial charge in [-0.25, -0.2) is 4.99 Å². The zero-order chi connectivity index (χ0) is 7.56. The van der Waals surface area contributed by atoms with E-state index in [9.17, 15) is 0 Å². The van der Waals surface area contributed by atoms with Crippen LogP contribution in [0, 0.1) is 11.8 Å². The molecule has 2 nitrogen and oxygen atoms in total. The molecule has 1 aliphatic rings. The lowest BCUT2D eigenvalue weighted by molar-refractivity contribution is 0.436. The number of rotatable bonds is 1. The monoisotopic (exact) mass is 138 g/mol. The van der Waals surface area contributed by atoms with Crippen LogP contribution in [-0.4, -0.2) is 18.6 Å². The first kappa shape index (κ1) is 7.45. The van der Waals surface area contributed by atoms with Gasteiger partial charge in [0.25, 0.3) is 0 Å². The highest BCUT2D eigenvalue weighted by Gasteiger charge is 2.18. The predicted octanol–water partition coefficient (Wildman–Crippen LogP) is 1.76. The fourth-order valence-corrected chi connectivity index (χ4v) is 1.23. The maximum absolute atomic E-state index is 4.21. The maximum atomic E-state index is 4.21. The lowest BCUT2D eigenvalue weighted by Crippen LogP contribution is -2.24. The molecule has 0 aromatic heterocycles. The SMILES string of the molecule is CC(C)C1C=NC=NC1C. The fourth-order valence-electron chi connectivity index (χ4n) is 1.23. The summed E-state index contributed by atoms with van der Waals surface area (Å²) in [5.41, 5.74) is 0. The van der Waals surface area contributed by atoms with Crippen LogP contribution < -0.4 is 0 Å². The van der Waals surface area contributed by atoms with E-state index in [1.807, 2.05) is 6.21 Å². The van der Waals surface area contributed by atoms with Crippen LogP contribution in [0.3, 0.4) is 0 Å². The van der Waals surface area contributed by atoms with Crippen molar-refractivity contribution in [1.29, 1.82) is 0 Å². The summed E-state index contributed by atoms with van der Waals surface area (Å²) in [7, 11) is 0. The van der Waals surface area contributed by atoms with Gasteiger partial charge in [-0.05, 0) is 12.8 Å². The minimum Gasteiger partial charge on any atom is -0.270 e. The largest absolute Gasteiger partial charge is 0.270 e. The smallest absolute Gasteiger partial charge is 0.109 e. The van der Waals surface area contributed by atoms with E-state index in [-0.39, 0.29) is 0 Å². The average Bonchev–Trinajstić information content (AvgIpc) is 1.88. The van der Waals surface area contributed by atoms with Crippen molar-refractivity contribution in [3.63, 3.8) is 0 Å². The summed E-state index contributed by atoms with van der Waals surface area (Å²) in [6.45, 7) is 6.54. The third kappa shape index (κ3) is 1.43.